The fourth-order valence-corrected chi connectivity index (χ4v) is 25.3. The first-order valence-corrected chi connectivity index (χ1v) is 23.4. The molecule has 2 aromatic rings. The van der Waals surface area contributed by atoms with E-state index < -0.39 is 24.8 Å². The van der Waals surface area contributed by atoms with Crippen LogP contribution in [-0.2, 0) is 29.6 Å². The van der Waals surface area contributed by atoms with Crippen molar-refractivity contribution < 1.29 is 13.4 Å². The zero-order chi connectivity index (χ0) is 24.8. The summed E-state index contributed by atoms with van der Waals surface area (Å²) >= 11 is -3.77. The second kappa shape index (κ2) is 12.5. The van der Waals surface area contributed by atoms with Crippen LogP contribution in [0.4, 0.5) is 0 Å². The van der Waals surface area contributed by atoms with Crippen molar-refractivity contribution in [3.63, 3.8) is 0 Å². The Morgan fingerprint density at radius 1 is 0.765 bits per heavy atom. The average Bonchev–Trinajstić information content (AvgIpc) is 3.21. The third-order valence-corrected chi connectivity index (χ3v) is 24.1. The average molecular weight is 572 g/mol. The Labute approximate surface area is 224 Å². The number of aryl methyl sites for hydroxylation is 2. The molecule has 0 fully saturated rings. The molecule has 0 bridgehead atoms. The van der Waals surface area contributed by atoms with E-state index in [4.69, 9.17) is 27.9 Å². The van der Waals surface area contributed by atoms with Crippen LogP contribution in [0.5, 0.6) is 0 Å². The molecule has 2 aromatic carbocycles. The van der Waals surface area contributed by atoms with Crippen LogP contribution in [0.2, 0.25) is 13.1 Å². The van der Waals surface area contributed by atoms with Gasteiger partial charge in [-0.15, -0.1) is 0 Å². The van der Waals surface area contributed by atoms with Crippen molar-refractivity contribution in [1.82, 2.24) is 0 Å². The van der Waals surface area contributed by atoms with Gasteiger partial charge in [-0.3, -0.25) is 0 Å². The number of fused-ring (bicyclic) bond motifs is 1. The third kappa shape index (κ3) is 6.09. The Kier molecular flexibility index (Phi) is 10.5. The normalized spacial score (nSPS) is 17.9. The maximum absolute atomic E-state index is 7.08. The van der Waals surface area contributed by atoms with E-state index in [0.717, 1.165) is 12.8 Å². The monoisotopic (exact) mass is 570 g/mol. The summed E-state index contributed by atoms with van der Waals surface area (Å²) in [6, 6.07) is 16.0. The molecule has 0 amide bonds. The Hall–Kier alpha value is -0.0188. The minimum absolute atomic E-state index is 0.422. The zero-order valence-electron chi connectivity index (χ0n) is 21.4. The fraction of sp³-hybridized carbons (Fsp3) is 0.517. The summed E-state index contributed by atoms with van der Waals surface area (Å²) in [6.45, 7) is 9.42. The van der Waals surface area contributed by atoms with Gasteiger partial charge in [0.2, 0.25) is 0 Å². The van der Waals surface area contributed by atoms with Crippen LogP contribution >= 0.6 is 27.9 Å². The standard InChI is InChI=1S/C29H41Si.3ClH.Ti/c1-5-7-9-11-15-24-21-25(16-12-10-8-6-2)23-27(22-24)30(3,4)29-20-19-26-17-13-14-18-28(26)29;;;;/h13-14,17-23H,5-12,15-16H2,1-4H3;3*1H;/q;;;;+3/p-3. The molecule has 34 heavy (non-hydrogen) atoms. The van der Waals surface area contributed by atoms with Gasteiger partial charge >= 0.3 is 226 Å². The van der Waals surface area contributed by atoms with Crippen LogP contribution in [0.25, 0.3) is 6.08 Å². The van der Waals surface area contributed by atoms with Crippen LogP contribution < -0.4 is 5.19 Å². The van der Waals surface area contributed by atoms with Gasteiger partial charge in [-0.25, -0.2) is 0 Å². The third-order valence-electron chi connectivity index (χ3n) is 7.74. The molecule has 0 nitrogen and oxygen atoms in total. The number of benzene rings is 2. The molecule has 1 unspecified atom stereocenters. The minimum atomic E-state index is -3.77. The van der Waals surface area contributed by atoms with Crippen LogP contribution in [0.15, 0.2) is 48.5 Å². The molecule has 1 aliphatic rings. The number of halogens is 3. The molecule has 1 aliphatic carbocycles. The number of allylic oxidation sites excluding steroid dienone is 1. The molecule has 0 heterocycles. The quantitative estimate of drug-likeness (QED) is 0.166. The molecule has 3 rings (SSSR count). The van der Waals surface area contributed by atoms with E-state index in [-0.39, 0.29) is 0 Å². The molecule has 0 saturated heterocycles. The molecular weight excluding hydrogens is 531 g/mol. The number of hydrogen-bond donors (Lipinski definition) is 0. The molecule has 0 aromatic heterocycles. The molecular formula is C29H41Cl3SiTi. The van der Waals surface area contributed by atoms with E-state index in [0.29, 0.717) is 0 Å². The van der Waals surface area contributed by atoms with E-state index in [2.05, 4.69) is 81.6 Å². The number of rotatable bonds is 13. The van der Waals surface area contributed by atoms with E-state index in [9.17, 15) is 0 Å². The first-order valence-electron chi connectivity index (χ1n) is 13.2. The Morgan fingerprint density at radius 3 is 1.85 bits per heavy atom. The topological polar surface area (TPSA) is 0 Å². The van der Waals surface area contributed by atoms with Crippen molar-refractivity contribution in [1.29, 1.82) is 0 Å². The Bertz CT molecular complexity index is 949. The summed E-state index contributed by atoms with van der Waals surface area (Å²) in [7, 11) is 19.0. The zero-order valence-corrected chi connectivity index (χ0v) is 26.2. The molecule has 0 radical (unpaired) electrons. The van der Waals surface area contributed by atoms with Crippen LogP contribution in [0.1, 0.15) is 87.5 Å². The van der Waals surface area contributed by atoms with E-state index in [1.807, 2.05) is 0 Å². The molecule has 0 N–H and O–H groups in total. The van der Waals surface area contributed by atoms with Crippen molar-refractivity contribution in [2.45, 2.75) is 94.5 Å². The van der Waals surface area contributed by atoms with Crippen molar-refractivity contribution in [2.24, 2.45) is 0 Å². The van der Waals surface area contributed by atoms with Crippen LogP contribution in [0.3, 0.4) is 0 Å². The Morgan fingerprint density at radius 2 is 1.32 bits per heavy atom. The SMILES string of the molecule is CCCCCCc1cc(CCCCCC)cc([Si](C)(C)[C]2([Ti]([Cl])([Cl])[Cl])C=Cc3ccccc32)c1. The van der Waals surface area contributed by atoms with Gasteiger partial charge in [-0.05, 0) is 0 Å². The van der Waals surface area contributed by atoms with Crippen molar-refractivity contribution in [2.75, 3.05) is 0 Å². The van der Waals surface area contributed by atoms with Crippen LogP contribution in [0, 0.1) is 0 Å². The van der Waals surface area contributed by atoms with Crippen molar-refractivity contribution >= 4 is 47.3 Å². The molecule has 186 valence electrons. The summed E-state index contributed by atoms with van der Waals surface area (Å²) in [6.07, 6.45) is 17.1. The van der Waals surface area contributed by atoms with Gasteiger partial charge in [0.1, 0.15) is 0 Å². The van der Waals surface area contributed by atoms with Gasteiger partial charge in [-0.1, -0.05) is 0 Å². The number of hydrogen-bond acceptors (Lipinski definition) is 0. The summed E-state index contributed by atoms with van der Waals surface area (Å²) in [5.74, 6) is 0. The molecule has 5 heteroatoms. The molecule has 0 aliphatic heterocycles. The first-order chi connectivity index (χ1) is 16.2. The second-order valence-electron chi connectivity index (χ2n) is 10.5. The summed E-state index contributed by atoms with van der Waals surface area (Å²) in [5.41, 5.74) is 5.41. The van der Waals surface area contributed by atoms with E-state index in [1.54, 1.807) is 0 Å². The van der Waals surface area contributed by atoms with Gasteiger partial charge in [-0.2, -0.15) is 0 Å². The van der Waals surface area contributed by atoms with E-state index >= 15 is 0 Å². The maximum atomic E-state index is 7.08. The Balaban J connectivity index is 2.04. The van der Waals surface area contributed by atoms with Gasteiger partial charge in [0.05, 0.1) is 0 Å². The summed E-state index contributed by atoms with van der Waals surface area (Å²) in [5, 5.41) is 1.45. The second-order valence-corrected chi connectivity index (χ2v) is 28.1. The number of unbranched alkanes of at least 4 members (excludes halogenated alkanes) is 6. The first kappa shape index (κ1) is 28.6. The summed E-state index contributed by atoms with van der Waals surface area (Å²) in [4.78, 5) is 0. The van der Waals surface area contributed by atoms with E-state index in [1.165, 1.54) is 78.8 Å². The van der Waals surface area contributed by atoms with Gasteiger partial charge < -0.3 is 0 Å². The predicted octanol–water partition coefficient (Wildman–Crippen LogP) is 9.92. The van der Waals surface area contributed by atoms with Gasteiger partial charge in [0.15, 0.2) is 0 Å². The van der Waals surface area contributed by atoms with Gasteiger partial charge in [0, 0.05) is 0 Å². The molecule has 0 spiro atoms. The van der Waals surface area contributed by atoms with Crippen LogP contribution in [-0.4, -0.2) is 8.07 Å². The van der Waals surface area contributed by atoms with Gasteiger partial charge in [0.25, 0.3) is 0 Å². The molecule has 0 saturated carbocycles. The fourth-order valence-electron chi connectivity index (χ4n) is 5.60. The van der Waals surface area contributed by atoms with Crippen molar-refractivity contribution in [3.8, 4) is 0 Å². The van der Waals surface area contributed by atoms with Crippen molar-refractivity contribution in [3.05, 3.63) is 70.8 Å². The summed E-state index contributed by atoms with van der Waals surface area (Å²) < 4.78 is -0.422. The molecule has 1 atom stereocenters. The predicted molar refractivity (Wildman–Crippen MR) is 154 cm³/mol.